The summed E-state index contributed by atoms with van der Waals surface area (Å²) < 4.78 is 0. The third-order valence-electron chi connectivity index (χ3n) is 4.14. The molecule has 0 fully saturated rings. The van der Waals surface area contributed by atoms with Gasteiger partial charge in [-0.25, -0.2) is 0 Å². The van der Waals surface area contributed by atoms with E-state index in [0.717, 1.165) is 25.3 Å². The number of aryl methyl sites for hydroxylation is 1. The average molecular weight is 285 g/mol. The largest absolute Gasteiger partial charge is 0.356 e. The van der Waals surface area contributed by atoms with Crippen LogP contribution >= 0.6 is 0 Å². The highest BCUT2D eigenvalue weighted by Crippen LogP contribution is 2.25. The molecule has 2 rings (SSSR count). The Labute approximate surface area is 128 Å². The average Bonchev–Trinajstić information content (AvgIpc) is 2.96. The maximum Gasteiger partial charge on any atom is 0.191 e. The van der Waals surface area contributed by atoms with Crippen LogP contribution in [0.4, 0.5) is 0 Å². The van der Waals surface area contributed by atoms with E-state index in [9.17, 15) is 0 Å². The minimum atomic E-state index is 0.0664. The summed E-state index contributed by atoms with van der Waals surface area (Å²) in [4.78, 5) is 4.34. The monoisotopic (exact) mass is 285 g/mol. The molecule has 1 aromatic rings. The van der Waals surface area contributed by atoms with Gasteiger partial charge in [0.15, 0.2) is 5.96 Å². The zero-order valence-electron chi connectivity index (χ0n) is 13.6. The maximum atomic E-state index is 4.34. The lowest BCUT2D eigenvalue weighted by molar-refractivity contribution is 0.501. The molecule has 114 valence electrons. The Morgan fingerprint density at radius 2 is 1.90 bits per heavy atom. The molecule has 3 nitrogen and oxygen atoms in total. The Morgan fingerprint density at radius 1 is 1.24 bits per heavy atom. The first kappa shape index (κ1) is 15.6. The van der Waals surface area contributed by atoms with Gasteiger partial charge in [-0.3, -0.25) is 4.99 Å². The Bertz CT molecular complexity index is 521. The van der Waals surface area contributed by atoms with Crippen molar-refractivity contribution in [3.8, 4) is 0 Å². The predicted octanol–water partition coefficient (Wildman–Crippen LogP) is 3.16. The number of nitrogens with one attached hydrogen (secondary N) is 2. The van der Waals surface area contributed by atoms with E-state index < -0.39 is 0 Å². The van der Waals surface area contributed by atoms with Gasteiger partial charge in [-0.2, -0.15) is 0 Å². The maximum absolute atomic E-state index is 4.34. The molecule has 0 atom stereocenters. The van der Waals surface area contributed by atoms with Crippen LogP contribution in [-0.2, 0) is 5.41 Å². The number of aliphatic imine (C=N–C) groups is 1. The van der Waals surface area contributed by atoms with E-state index in [0.29, 0.717) is 6.04 Å². The topological polar surface area (TPSA) is 36.4 Å². The van der Waals surface area contributed by atoms with Crippen molar-refractivity contribution in [2.45, 2.75) is 45.1 Å². The van der Waals surface area contributed by atoms with Crippen LogP contribution < -0.4 is 10.6 Å². The summed E-state index contributed by atoms with van der Waals surface area (Å²) in [6, 6.07) is 9.08. The van der Waals surface area contributed by atoms with Crippen molar-refractivity contribution in [3.63, 3.8) is 0 Å². The highest BCUT2D eigenvalue weighted by atomic mass is 15.2. The first-order valence-corrected chi connectivity index (χ1v) is 7.71. The molecule has 0 spiro atoms. The van der Waals surface area contributed by atoms with Crippen LogP contribution in [-0.4, -0.2) is 25.6 Å². The summed E-state index contributed by atoms with van der Waals surface area (Å²) in [5.41, 5.74) is 2.79. The van der Waals surface area contributed by atoms with Gasteiger partial charge in [0.05, 0.1) is 0 Å². The first-order chi connectivity index (χ1) is 10.0. The highest BCUT2D eigenvalue weighted by Gasteiger charge is 2.23. The second kappa shape index (κ2) is 6.79. The number of nitrogens with zero attached hydrogens (tertiary/aromatic N) is 1. The van der Waals surface area contributed by atoms with E-state index in [4.69, 9.17) is 0 Å². The molecule has 2 N–H and O–H groups in total. The van der Waals surface area contributed by atoms with Crippen molar-refractivity contribution in [2.24, 2.45) is 4.99 Å². The van der Waals surface area contributed by atoms with E-state index in [-0.39, 0.29) is 5.41 Å². The summed E-state index contributed by atoms with van der Waals surface area (Å²) in [5.74, 6) is 0.894. The Morgan fingerprint density at radius 3 is 2.52 bits per heavy atom. The molecule has 0 bridgehead atoms. The third kappa shape index (κ3) is 4.10. The second-order valence-electron chi connectivity index (χ2n) is 6.41. The molecule has 0 saturated carbocycles. The summed E-state index contributed by atoms with van der Waals surface area (Å²) in [5, 5.41) is 6.95. The lowest BCUT2D eigenvalue weighted by atomic mass is 9.82. The number of rotatable bonds is 4. The number of benzene rings is 1. The molecule has 0 aromatic heterocycles. The minimum absolute atomic E-state index is 0.0664. The number of hydrogen-bond acceptors (Lipinski definition) is 1. The van der Waals surface area contributed by atoms with Gasteiger partial charge in [0.25, 0.3) is 0 Å². The van der Waals surface area contributed by atoms with Crippen LogP contribution in [0.15, 0.2) is 41.4 Å². The molecular weight excluding hydrogens is 258 g/mol. The van der Waals surface area contributed by atoms with Crippen molar-refractivity contribution in [2.75, 3.05) is 13.6 Å². The van der Waals surface area contributed by atoms with Crippen LogP contribution in [0.2, 0.25) is 0 Å². The van der Waals surface area contributed by atoms with Crippen molar-refractivity contribution in [3.05, 3.63) is 47.5 Å². The smallest absolute Gasteiger partial charge is 0.191 e. The van der Waals surface area contributed by atoms with Crippen LogP contribution in [0.5, 0.6) is 0 Å². The second-order valence-corrected chi connectivity index (χ2v) is 6.41. The van der Waals surface area contributed by atoms with E-state index in [2.05, 4.69) is 72.8 Å². The molecule has 0 unspecified atom stereocenters. The van der Waals surface area contributed by atoms with Gasteiger partial charge in [-0.05, 0) is 30.9 Å². The van der Waals surface area contributed by atoms with Crippen molar-refractivity contribution in [1.82, 2.24) is 10.6 Å². The highest BCUT2D eigenvalue weighted by molar-refractivity contribution is 5.80. The fourth-order valence-corrected chi connectivity index (χ4v) is 2.86. The van der Waals surface area contributed by atoms with Crippen LogP contribution in [0, 0.1) is 6.92 Å². The van der Waals surface area contributed by atoms with Crippen LogP contribution in [0.3, 0.4) is 0 Å². The summed E-state index contributed by atoms with van der Waals surface area (Å²) in [6.45, 7) is 7.57. The van der Waals surface area contributed by atoms with Crippen molar-refractivity contribution < 1.29 is 0 Å². The molecule has 0 amide bonds. The van der Waals surface area contributed by atoms with Gasteiger partial charge >= 0.3 is 0 Å². The van der Waals surface area contributed by atoms with Gasteiger partial charge in [0.2, 0.25) is 0 Å². The third-order valence-corrected chi connectivity index (χ3v) is 4.14. The van der Waals surface area contributed by atoms with E-state index in [1.807, 2.05) is 7.05 Å². The Kier molecular flexibility index (Phi) is 5.05. The summed E-state index contributed by atoms with van der Waals surface area (Å²) in [6.07, 6.45) is 6.62. The molecule has 1 aromatic carbocycles. The zero-order chi connectivity index (χ0) is 15.3. The number of guanidine groups is 1. The van der Waals surface area contributed by atoms with Crippen molar-refractivity contribution >= 4 is 5.96 Å². The molecule has 0 heterocycles. The van der Waals surface area contributed by atoms with E-state index in [1.54, 1.807) is 0 Å². The van der Waals surface area contributed by atoms with Gasteiger partial charge in [0.1, 0.15) is 0 Å². The molecule has 0 aliphatic heterocycles. The van der Waals surface area contributed by atoms with Gasteiger partial charge < -0.3 is 10.6 Å². The van der Waals surface area contributed by atoms with E-state index >= 15 is 0 Å². The first-order valence-electron chi connectivity index (χ1n) is 7.71. The minimum Gasteiger partial charge on any atom is -0.356 e. The molecule has 1 aliphatic carbocycles. The fourth-order valence-electron chi connectivity index (χ4n) is 2.86. The lowest BCUT2D eigenvalue weighted by Gasteiger charge is -2.29. The normalized spacial score (nSPS) is 16.3. The Balaban J connectivity index is 1.95. The van der Waals surface area contributed by atoms with Gasteiger partial charge in [-0.15, -0.1) is 0 Å². The fraction of sp³-hybridized carbons (Fsp3) is 0.500. The molecular formula is C18H27N3. The Hall–Kier alpha value is -1.77. The van der Waals surface area contributed by atoms with E-state index in [1.165, 1.54) is 11.1 Å². The zero-order valence-corrected chi connectivity index (χ0v) is 13.6. The molecule has 21 heavy (non-hydrogen) atoms. The SMILES string of the molecule is CN=C(NCC(C)(C)c1ccccc1C)NC1CC=CC1. The predicted molar refractivity (Wildman–Crippen MR) is 90.9 cm³/mol. The molecule has 1 aliphatic rings. The molecule has 3 heteroatoms. The number of hydrogen-bond donors (Lipinski definition) is 2. The van der Waals surface area contributed by atoms with Crippen LogP contribution in [0.25, 0.3) is 0 Å². The van der Waals surface area contributed by atoms with Crippen molar-refractivity contribution in [1.29, 1.82) is 0 Å². The van der Waals surface area contributed by atoms with Gasteiger partial charge in [0, 0.05) is 25.0 Å². The molecule has 0 radical (unpaired) electrons. The molecule has 0 saturated heterocycles. The summed E-state index contributed by atoms with van der Waals surface area (Å²) >= 11 is 0. The van der Waals surface area contributed by atoms with Gasteiger partial charge in [-0.1, -0.05) is 50.3 Å². The quantitative estimate of drug-likeness (QED) is 0.506. The lowest BCUT2D eigenvalue weighted by Crippen LogP contribution is -2.46. The summed E-state index contributed by atoms with van der Waals surface area (Å²) in [7, 11) is 1.83. The van der Waals surface area contributed by atoms with Crippen LogP contribution in [0.1, 0.15) is 37.8 Å². The standard InChI is InChI=1S/C18H27N3/c1-14-9-5-8-12-16(14)18(2,3)13-20-17(19-4)21-15-10-6-7-11-15/h5-9,12,15H,10-11,13H2,1-4H3,(H2,19,20,21).